The van der Waals surface area contributed by atoms with E-state index in [0.717, 1.165) is 5.56 Å². The molecule has 0 radical (unpaired) electrons. The molecule has 2 rings (SSSR count). The van der Waals surface area contributed by atoms with Crippen LogP contribution in [0.2, 0.25) is 0 Å². The molecule has 0 saturated carbocycles. The van der Waals surface area contributed by atoms with Gasteiger partial charge in [0.15, 0.2) is 0 Å². The molecule has 0 atom stereocenters. The fraction of sp³-hybridized carbons (Fsp3) is 0.214. The highest BCUT2D eigenvalue weighted by Crippen LogP contribution is 2.23. The monoisotopic (exact) mass is 274 g/mol. The molecule has 0 bridgehead atoms. The number of rotatable bonds is 4. The minimum atomic E-state index is -1.05. The van der Waals surface area contributed by atoms with Crippen molar-refractivity contribution in [1.29, 1.82) is 0 Å². The number of aromatic nitrogens is 2. The van der Waals surface area contributed by atoms with Gasteiger partial charge in [-0.05, 0) is 31.5 Å². The van der Waals surface area contributed by atoms with Gasteiger partial charge in [-0.2, -0.15) is 0 Å². The maximum Gasteiger partial charge on any atom is 0.335 e. The predicted molar refractivity (Wildman–Crippen MR) is 72.4 cm³/mol. The molecule has 1 aromatic heterocycles. The SMILES string of the molecule is CCn1ccnc(Oc2cc(C(=O)O)ccc2C)c1=O. The first kappa shape index (κ1) is 13.8. The minimum Gasteiger partial charge on any atom is -0.478 e. The fourth-order valence-corrected chi connectivity index (χ4v) is 1.69. The predicted octanol–water partition coefficient (Wildman–Crippen LogP) is 2.06. The van der Waals surface area contributed by atoms with Gasteiger partial charge in [0.2, 0.25) is 0 Å². The summed E-state index contributed by atoms with van der Waals surface area (Å²) >= 11 is 0. The van der Waals surface area contributed by atoms with Crippen LogP contribution in [0.1, 0.15) is 22.8 Å². The Bertz CT molecular complexity index is 707. The summed E-state index contributed by atoms with van der Waals surface area (Å²) in [5.74, 6) is -0.815. The molecule has 0 aliphatic carbocycles. The molecule has 0 saturated heterocycles. The van der Waals surface area contributed by atoms with Gasteiger partial charge in [-0.3, -0.25) is 4.79 Å². The van der Waals surface area contributed by atoms with E-state index in [-0.39, 0.29) is 17.0 Å². The molecule has 1 aromatic carbocycles. The topological polar surface area (TPSA) is 81.4 Å². The molecular weight excluding hydrogens is 260 g/mol. The van der Waals surface area contributed by atoms with E-state index < -0.39 is 5.97 Å². The number of nitrogens with zero attached hydrogens (tertiary/aromatic N) is 2. The summed E-state index contributed by atoms with van der Waals surface area (Å²) in [6.07, 6.45) is 3.03. The van der Waals surface area contributed by atoms with Crippen LogP contribution in [0.5, 0.6) is 11.6 Å². The average Bonchev–Trinajstić information content (AvgIpc) is 2.43. The summed E-state index contributed by atoms with van der Waals surface area (Å²) < 4.78 is 6.92. The molecule has 0 unspecified atom stereocenters. The Morgan fingerprint density at radius 2 is 2.20 bits per heavy atom. The van der Waals surface area contributed by atoms with E-state index in [4.69, 9.17) is 9.84 Å². The summed E-state index contributed by atoms with van der Waals surface area (Å²) in [7, 11) is 0. The third kappa shape index (κ3) is 2.69. The molecular formula is C14H14N2O4. The van der Waals surface area contributed by atoms with Crippen LogP contribution in [0.4, 0.5) is 0 Å². The number of ether oxygens (including phenoxy) is 1. The van der Waals surface area contributed by atoms with Crippen LogP contribution >= 0.6 is 0 Å². The van der Waals surface area contributed by atoms with Gasteiger partial charge in [-0.25, -0.2) is 9.78 Å². The molecule has 1 N–H and O–H groups in total. The highest BCUT2D eigenvalue weighted by Gasteiger charge is 2.11. The fourth-order valence-electron chi connectivity index (χ4n) is 1.69. The molecule has 2 aromatic rings. The number of hydrogen-bond acceptors (Lipinski definition) is 4. The van der Waals surface area contributed by atoms with E-state index in [1.165, 1.54) is 22.9 Å². The normalized spacial score (nSPS) is 10.3. The number of aryl methyl sites for hydroxylation is 2. The van der Waals surface area contributed by atoms with Crippen molar-refractivity contribution < 1.29 is 14.6 Å². The van der Waals surface area contributed by atoms with Gasteiger partial charge in [-0.1, -0.05) is 6.07 Å². The molecule has 1 heterocycles. The van der Waals surface area contributed by atoms with Crippen LogP contribution in [-0.2, 0) is 6.54 Å². The second-order valence-corrected chi connectivity index (χ2v) is 4.21. The Morgan fingerprint density at radius 3 is 2.85 bits per heavy atom. The summed E-state index contributed by atoms with van der Waals surface area (Å²) in [5.41, 5.74) is 0.468. The van der Waals surface area contributed by atoms with Crippen LogP contribution in [0, 0.1) is 6.92 Å². The van der Waals surface area contributed by atoms with Gasteiger partial charge < -0.3 is 14.4 Å². The third-order valence-electron chi connectivity index (χ3n) is 2.86. The van der Waals surface area contributed by atoms with Gasteiger partial charge in [0.1, 0.15) is 5.75 Å². The van der Waals surface area contributed by atoms with Crippen LogP contribution in [0.25, 0.3) is 0 Å². The molecule has 0 spiro atoms. The van der Waals surface area contributed by atoms with Crippen LogP contribution in [-0.4, -0.2) is 20.6 Å². The van der Waals surface area contributed by atoms with Crippen molar-refractivity contribution in [3.8, 4) is 11.6 Å². The first-order chi connectivity index (χ1) is 9.52. The molecule has 0 aliphatic heterocycles. The summed E-state index contributed by atoms with van der Waals surface area (Å²) in [4.78, 5) is 26.8. The van der Waals surface area contributed by atoms with Gasteiger partial charge in [-0.15, -0.1) is 0 Å². The van der Waals surface area contributed by atoms with E-state index in [0.29, 0.717) is 12.3 Å². The van der Waals surface area contributed by atoms with E-state index in [1.807, 2.05) is 6.92 Å². The molecule has 0 fully saturated rings. The summed E-state index contributed by atoms with van der Waals surface area (Å²) in [6.45, 7) is 4.11. The Kier molecular flexibility index (Phi) is 3.84. The Hall–Kier alpha value is -2.63. The summed E-state index contributed by atoms with van der Waals surface area (Å²) in [5, 5.41) is 8.97. The second kappa shape index (κ2) is 5.56. The van der Waals surface area contributed by atoms with Gasteiger partial charge >= 0.3 is 11.5 Å². The smallest absolute Gasteiger partial charge is 0.335 e. The lowest BCUT2D eigenvalue weighted by Gasteiger charge is -2.09. The molecule has 0 aliphatic rings. The van der Waals surface area contributed by atoms with Crippen LogP contribution in [0.3, 0.4) is 0 Å². The third-order valence-corrected chi connectivity index (χ3v) is 2.86. The second-order valence-electron chi connectivity index (χ2n) is 4.21. The van der Waals surface area contributed by atoms with Crippen molar-refractivity contribution in [1.82, 2.24) is 9.55 Å². The number of carboxylic acids is 1. The highest BCUT2D eigenvalue weighted by atomic mass is 16.5. The van der Waals surface area contributed by atoms with E-state index in [1.54, 1.807) is 19.2 Å². The zero-order chi connectivity index (χ0) is 14.7. The lowest BCUT2D eigenvalue weighted by molar-refractivity contribution is 0.0696. The zero-order valence-corrected chi connectivity index (χ0v) is 11.2. The van der Waals surface area contributed by atoms with Gasteiger partial charge in [0.25, 0.3) is 5.88 Å². The molecule has 6 nitrogen and oxygen atoms in total. The van der Waals surface area contributed by atoms with Gasteiger partial charge in [0.05, 0.1) is 5.56 Å². The average molecular weight is 274 g/mol. The van der Waals surface area contributed by atoms with Crippen molar-refractivity contribution in [3.05, 3.63) is 52.1 Å². The summed E-state index contributed by atoms with van der Waals surface area (Å²) in [6, 6.07) is 4.48. The van der Waals surface area contributed by atoms with Crippen molar-refractivity contribution >= 4 is 5.97 Å². The number of hydrogen-bond donors (Lipinski definition) is 1. The van der Waals surface area contributed by atoms with Crippen LogP contribution in [0.15, 0.2) is 35.4 Å². The molecule has 20 heavy (non-hydrogen) atoms. The maximum atomic E-state index is 12.0. The molecule has 6 heteroatoms. The first-order valence-electron chi connectivity index (χ1n) is 6.10. The number of benzene rings is 1. The standard InChI is InChI=1S/C14H14N2O4/c1-3-16-7-6-15-12(13(16)17)20-11-8-10(14(18)19)5-4-9(11)2/h4-8H,3H2,1-2H3,(H,18,19). The number of carboxylic acid groups (broad SMARTS) is 1. The molecule has 0 amide bonds. The Balaban J connectivity index is 2.42. The maximum absolute atomic E-state index is 12.0. The van der Waals surface area contributed by atoms with E-state index >= 15 is 0 Å². The number of aromatic carboxylic acids is 1. The largest absolute Gasteiger partial charge is 0.478 e. The van der Waals surface area contributed by atoms with Gasteiger partial charge in [0, 0.05) is 18.9 Å². The molecule has 104 valence electrons. The minimum absolute atomic E-state index is 0.0695. The van der Waals surface area contributed by atoms with Crippen molar-refractivity contribution in [2.45, 2.75) is 20.4 Å². The number of carbonyl (C=O) groups is 1. The van der Waals surface area contributed by atoms with E-state index in [9.17, 15) is 9.59 Å². The zero-order valence-electron chi connectivity index (χ0n) is 11.2. The lowest BCUT2D eigenvalue weighted by atomic mass is 10.1. The Labute approximate surface area is 115 Å². The van der Waals surface area contributed by atoms with Crippen molar-refractivity contribution in [2.75, 3.05) is 0 Å². The van der Waals surface area contributed by atoms with E-state index in [2.05, 4.69) is 4.98 Å². The first-order valence-corrected chi connectivity index (χ1v) is 6.10. The van der Waals surface area contributed by atoms with Crippen molar-refractivity contribution in [3.63, 3.8) is 0 Å². The van der Waals surface area contributed by atoms with Crippen molar-refractivity contribution in [2.24, 2.45) is 0 Å². The Morgan fingerprint density at radius 1 is 1.45 bits per heavy atom. The van der Waals surface area contributed by atoms with Crippen LogP contribution < -0.4 is 10.3 Å². The quantitative estimate of drug-likeness (QED) is 0.922. The lowest BCUT2D eigenvalue weighted by Crippen LogP contribution is -2.20. The highest BCUT2D eigenvalue weighted by molar-refractivity contribution is 5.88.